The highest BCUT2D eigenvalue weighted by Crippen LogP contribution is 2.41. The minimum absolute atomic E-state index is 0.905. The smallest absolute Gasteiger partial charge is 0.159 e. The van der Waals surface area contributed by atoms with Crippen LogP contribution in [0.15, 0.2) is 174 Å². The summed E-state index contributed by atoms with van der Waals surface area (Å²) in [6.07, 6.45) is 0. The van der Waals surface area contributed by atoms with Crippen LogP contribution in [-0.4, -0.2) is 9.13 Å². The summed E-state index contributed by atoms with van der Waals surface area (Å²) >= 11 is 0. The van der Waals surface area contributed by atoms with Crippen molar-refractivity contribution in [2.24, 2.45) is 0 Å². The molecule has 0 saturated carbocycles. The fourth-order valence-corrected chi connectivity index (χ4v) is 8.72. The fraction of sp³-hybridized carbons (Fsp3) is 0.0400. The minimum atomic E-state index is 0.905. The zero-order valence-corrected chi connectivity index (χ0v) is 29.5. The summed E-state index contributed by atoms with van der Waals surface area (Å²) in [5.41, 5.74) is 16.3. The molecule has 0 aliphatic heterocycles. The molecule has 0 aliphatic carbocycles. The number of benzene rings is 8. The van der Waals surface area contributed by atoms with Gasteiger partial charge in [-0.05, 0) is 108 Å². The van der Waals surface area contributed by atoms with Crippen LogP contribution in [0.25, 0.3) is 99.2 Å². The fourth-order valence-electron chi connectivity index (χ4n) is 8.72. The van der Waals surface area contributed by atoms with Gasteiger partial charge in [0.05, 0.1) is 27.8 Å². The molecule has 0 fully saturated rings. The van der Waals surface area contributed by atoms with E-state index >= 15 is 0 Å². The van der Waals surface area contributed by atoms with Crippen LogP contribution in [0.1, 0.15) is 11.1 Å². The van der Waals surface area contributed by atoms with Crippen LogP contribution >= 0.6 is 0 Å². The van der Waals surface area contributed by atoms with Crippen molar-refractivity contribution in [2.45, 2.75) is 13.8 Å². The van der Waals surface area contributed by atoms with Gasteiger partial charge in [-0.3, -0.25) is 0 Å². The van der Waals surface area contributed by atoms with Crippen molar-refractivity contribution < 1.29 is 4.42 Å². The Morgan fingerprint density at radius 2 is 0.943 bits per heavy atom. The van der Waals surface area contributed by atoms with Gasteiger partial charge in [-0.25, -0.2) is 0 Å². The molecule has 0 radical (unpaired) electrons. The molecule has 0 atom stereocenters. The average molecular weight is 679 g/mol. The molecular formula is C50H34N2O. The Morgan fingerprint density at radius 3 is 1.66 bits per heavy atom. The number of nitrogens with zero attached hydrogens (tertiary/aromatic N) is 2. The summed E-state index contributed by atoms with van der Waals surface area (Å²) in [5, 5.41) is 7.21. The maximum absolute atomic E-state index is 6.52. The number of furan rings is 1. The SMILES string of the molecule is Cc1ccccc1-c1ccc(-n2c3ccccc3c3cc(-c4ccc5c(c4)c4ccccc4n5-c4cccc5c4oc4ccccc45)ccc32)cc1C. The zero-order valence-electron chi connectivity index (χ0n) is 29.5. The third kappa shape index (κ3) is 4.41. The van der Waals surface area contributed by atoms with Crippen LogP contribution in [0.3, 0.4) is 0 Å². The second-order valence-corrected chi connectivity index (χ2v) is 14.2. The Bertz CT molecular complexity index is 3260. The lowest BCUT2D eigenvalue weighted by atomic mass is 9.96. The number of para-hydroxylation sites is 4. The Morgan fingerprint density at radius 1 is 0.377 bits per heavy atom. The van der Waals surface area contributed by atoms with Crippen molar-refractivity contribution in [3.63, 3.8) is 0 Å². The maximum atomic E-state index is 6.52. The van der Waals surface area contributed by atoms with Crippen LogP contribution in [0.5, 0.6) is 0 Å². The second-order valence-electron chi connectivity index (χ2n) is 14.2. The number of hydrogen-bond donors (Lipinski definition) is 0. The van der Waals surface area contributed by atoms with E-state index in [4.69, 9.17) is 4.42 Å². The van der Waals surface area contributed by atoms with E-state index in [2.05, 4.69) is 187 Å². The lowest BCUT2D eigenvalue weighted by Gasteiger charge is -2.14. The predicted molar refractivity (Wildman–Crippen MR) is 223 cm³/mol. The molecule has 11 aromatic rings. The third-order valence-corrected chi connectivity index (χ3v) is 11.2. The number of hydrogen-bond acceptors (Lipinski definition) is 1. The Balaban J connectivity index is 1.07. The molecule has 0 aliphatic rings. The van der Waals surface area contributed by atoms with Crippen LogP contribution in [-0.2, 0) is 0 Å². The Kier molecular flexibility index (Phi) is 6.38. The summed E-state index contributed by atoms with van der Waals surface area (Å²) < 4.78 is 11.3. The van der Waals surface area contributed by atoms with Gasteiger partial charge < -0.3 is 13.6 Å². The molecule has 11 rings (SSSR count). The molecule has 0 saturated heterocycles. The molecule has 250 valence electrons. The van der Waals surface area contributed by atoms with E-state index in [0.717, 1.165) is 38.7 Å². The van der Waals surface area contributed by atoms with Gasteiger partial charge in [0.15, 0.2) is 5.58 Å². The molecule has 3 nitrogen and oxygen atoms in total. The first-order valence-electron chi connectivity index (χ1n) is 18.3. The van der Waals surface area contributed by atoms with Gasteiger partial charge in [0.25, 0.3) is 0 Å². The molecule has 0 N–H and O–H groups in total. The third-order valence-electron chi connectivity index (χ3n) is 11.2. The number of aryl methyl sites for hydroxylation is 2. The van der Waals surface area contributed by atoms with Gasteiger partial charge in [0, 0.05) is 38.0 Å². The molecule has 53 heavy (non-hydrogen) atoms. The van der Waals surface area contributed by atoms with E-state index in [0.29, 0.717) is 0 Å². The standard InChI is InChI=1S/C50H34N2O/c1-31-12-3-4-13-36(31)37-25-24-35(28-32(37)2)51-44-18-8-5-14-38(44)42-29-33(22-26-46(42)51)34-23-27-47-43(30-34)39-15-6-9-19-45(39)52(47)48-20-11-17-41-40-16-7-10-21-49(40)53-50(41)48/h3-30H,1-2H3. The van der Waals surface area contributed by atoms with Gasteiger partial charge in [-0.2, -0.15) is 0 Å². The molecule has 3 aromatic heterocycles. The highest BCUT2D eigenvalue weighted by atomic mass is 16.3. The average Bonchev–Trinajstić information content (AvgIpc) is 3.86. The molecule has 8 aromatic carbocycles. The molecular weight excluding hydrogens is 645 g/mol. The topological polar surface area (TPSA) is 23.0 Å². The lowest BCUT2D eigenvalue weighted by molar-refractivity contribution is 0.666. The molecule has 0 bridgehead atoms. The monoisotopic (exact) mass is 678 g/mol. The first-order chi connectivity index (χ1) is 26.1. The van der Waals surface area contributed by atoms with Crippen molar-refractivity contribution in [1.29, 1.82) is 0 Å². The number of rotatable bonds is 4. The van der Waals surface area contributed by atoms with Gasteiger partial charge in [-0.1, -0.05) is 109 Å². The van der Waals surface area contributed by atoms with Crippen molar-refractivity contribution >= 4 is 65.6 Å². The van der Waals surface area contributed by atoms with Crippen LogP contribution < -0.4 is 0 Å². The quantitative estimate of drug-likeness (QED) is 0.182. The molecule has 3 heteroatoms. The highest BCUT2D eigenvalue weighted by molar-refractivity contribution is 6.14. The van der Waals surface area contributed by atoms with E-state index in [-0.39, 0.29) is 0 Å². The molecule has 0 spiro atoms. The van der Waals surface area contributed by atoms with Crippen LogP contribution in [0.4, 0.5) is 0 Å². The zero-order chi connectivity index (χ0) is 35.2. The molecule has 3 heterocycles. The van der Waals surface area contributed by atoms with Crippen LogP contribution in [0, 0.1) is 13.8 Å². The van der Waals surface area contributed by atoms with Gasteiger partial charge in [-0.15, -0.1) is 0 Å². The van der Waals surface area contributed by atoms with Crippen molar-refractivity contribution in [3.05, 3.63) is 181 Å². The van der Waals surface area contributed by atoms with E-state index < -0.39 is 0 Å². The number of aromatic nitrogens is 2. The first-order valence-corrected chi connectivity index (χ1v) is 18.3. The molecule has 0 unspecified atom stereocenters. The van der Waals surface area contributed by atoms with Gasteiger partial charge in [0.1, 0.15) is 5.58 Å². The normalized spacial score (nSPS) is 12.0. The van der Waals surface area contributed by atoms with Gasteiger partial charge >= 0.3 is 0 Å². The van der Waals surface area contributed by atoms with Crippen LogP contribution in [0.2, 0.25) is 0 Å². The van der Waals surface area contributed by atoms with Crippen molar-refractivity contribution in [1.82, 2.24) is 9.13 Å². The van der Waals surface area contributed by atoms with Crippen molar-refractivity contribution in [2.75, 3.05) is 0 Å². The van der Waals surface area contributed by atoms with E-state index in [1.54, 1.807) is 0 Å². The van der Waals surface area contributed by atoms with E-state index in [9.17, 15) is 0 Å². The first kappa shape index (κ1) is 29.8. The summed E-state index contributed by atoms with van der Waals surface area (Å²) in [7, 11) is 0. The summed E-state index contributed by atoms with van der Waals surface area (Å²) in [6, 6.07) is 61.6. The van der Waals surface area contributed by atoms with Gasteiger partial charge in [0.2, 0.25) is 0 Å². The van der Waals surface area contributed by atoms with Crippen molar-refractivity contribution in [3.8, 4) is 33.6 Å². The summed E-state index contributed by atoms with van der Waals surface area (Å²) in [4.78, 5) is 0. The Hall–Kier alpha value is -6.84. The summed E-state index contributed by atoms with van der Waals surface area (Å²) in [5.74, 6) is 0. The number of fused-ring (bicyclic) bond motifs is 9. The lowest BCUT2D eigenvalue weighted by Crippen LogP contribution is -1.96. The second kappa shape index (κ2) is 11.3. The Labute approximate surface area is 306 Å². The highest BCUT2D eigenvalue weighted by Gasteiger charge is 2.19. The maximum Gasteiger partial charge on any atom is 0.159 e. The van der Waals surface area contributed by atoms with E-state index in [1.807, 2.05) is 6.07 Å². The minimum Gasteiger partial charge on any atom is -0.454 e. The summed E-state index contributed by atoms with van der Waals surface area (Å²) in [6.45, 7) is 4.41. The predicted octanol–water partition coefficient (Wildman–Crippen LogP) is 13.7. The molecule has 0 amide bonds. The van der Waals surface area contributed by atoms with E-state index in [1.165, 1.54) is 71.6 Å². The largest absolute Gasteiger partial charge is 0.454 e.